The van der Waals surface area contributed by atoms with E-state index in [-0.39, 0.29) is 11.5 Å². The summed E-state index contributed by atoms with van der Waals surface area (Å²) in [5.41, 5.74) is -1.34. The van der Waals surface area contributed by atoms with Gasteiger partial charge in [-0.05, 0) is 68.5 Å². The van der Waals surface area contributed by atoms with Crippen molar-refractivity contribution in [1.29, 1.82) is 0 Å². The summed E-state index contributed by atoms with van der Waals surface area (Å²) in [4.78, 5) is 72.6. The fourth-order valence-electron chi connectivity index (χ4n) is 1.21. The average Bonchev–Trinajstić information content (AvgIpc) is 2.63. The highest BCUT2D eigenvalue weighted by Gasteiger charge is 2.26. The molecule has 11 heteroatoms. The minimum Gasteiger partial charge on any atom is -0.334 e. The molecule has 0 aliphatic heterocycles. The lowest BCUT2D eigenvalue weighted by Crippen LogP contribution is -2.29. The Labute approximate surface area is 175 Å². The van der Waals surface area contributed by atoms with Crippen molar-refractivity contribution in [1.82, 2.24) is 0 Å². The van der Waals surface area contributed by atoms with Crippen molar-refractivity contribution < 1.29 is 53.5 Å². The normalized spacial score (nSPS) is 13.6. The minimum absolute atomic E-state index is 0.360. The standard InChI is InChI=1S/C19H30O11/c1-11(15(20)13(3)25-29-18(5,6)7)23-27-17(22)28-24-12(2)16(21)14(4)26-30-19(8,9)10/h11-12H,3-4H2,1-2,5-10H3. The van der Waals surface area contributed by atoms with Gasteiger partial charge in [0.25, 0.3) is 0 Å². The smallest absolute Gasteiger partial charge is 0.334 e. The molecular weight excluding hydrogens is 404 g/mol. The summed E-state index contributed by atoms with van der Waals surface area (Å²) < 4.78 is 0. The van der Waals surface area contributed by atoms with Gasteiger partial charge in [-0.2, -0.15) is 24.3 Å². The number of carbonyl (C=O) groups is 3. The third-order valence-corrected chi connectivity index (χ3v) is 2.59. The van der Waals surface area contributed by atoms with Crippen LogP contribution in [0.3, 0.4) is 0 Å². The van der Waals surface area contributed by atoms with Crippen LogP contribution in [0.2, 0.25) is 0 Å². The molecule has 0 rings (SSSR count). The zero-order valence-electron chi connectivity index (χ0n) is 18.6. The maximum atomic E-state index is 12.0. The summed E-state index contributed by atoms with van der Waals surface area (Å²) in [6, 6.07) is 0. The molecule has 0 fully saturated rings. The van der Waals surface area contributed by atoms with E-state index in [0.717, 1.165) is 0 Å². The molecule has 0 aromatic heterocycles. The zero-order valence-corrected chi connectivity index (χ0v) is 18.6. The second-order valence-corrected chi connectivity index (χ2v) is 8.03. The van der Waals surface area contributed by atoms with Crippen molar-refractivity contribution in [2.75, 3.05) is 0 Å². The molecule has 0 amide bonds. The molecule has 0 N–H and O–H groups in total. The Hall–Kier alpha value is -2.47. The number of rotatable bonds is 12. The predicted molar refractivity (Wildman–Crippen MR) is 101 cm³/mol. The van der Waals surface area contributed by atoms with E-state index in [4.69, 9.17) is 19.6 Å². The molecule has 0 bridgehead atoms. The summed E-state index contributed by atoms with van der Waals surface area (Å²) in [5, 5.41) is 0. The number of carbonyl (C=O) groups excluding carboxylic acids is 3. The Morgan fingerprint density at radius 1 is 0.633 bits per heavy atom. The Kier molecular flexibility index (Phi) is 10.7. The van der Waals surface area contributed by atoms with E-state index in [9.17, 15) is 14.4 Å². The fraction of sp³-hybridized carbons (Fsp3) is 0.632. The topological polar surface area (TPSA) is 125 Å². The number of hydrogen-bond acceptors (Lipinski definition) is 11. The maximum Gasteiger partial charge on any atom is 0.573 e. The second-order valence-electron chi connectivity index (χ2n) is 8.03. The van der Waals surface area contributed by atoms with E-state index < -0.39 is 41.1 Å². The molecule has 0 spiro atoms. The van der Waals surface area contributed by atoms with Crippen LogP contribution in [0.5, 0.6) is 0 Å². The Balaban J connectivity index is 4.32. The molecule has 0 aromatic carbocycles. The van der Waals surface area contributed by atoms with Crippen LogP contribution in [0.25, 0.3) is 0 Å². The molecule has 0 aromatic rings. The van der Waals surface area contributed by atoms with Crippen molar-refractivity contribution >= 4 is 17.7 Å². The van der Waals surface area contributed by atoms with Crippen LogP contribution in [-0.2, 0) is 48.7 Å². The first-order valence-corrected chi connectivity index (χ1v) is 8.91. The number of Topliss-reactive ketones (excluding diaryl/α,β-unsaturated/α-hetero) is 2. The summed E-state index contributed by atoms with van der Waals surface area (Å²) >= 11 is 0. The van der Waals surface area contributed by atoms with Crippen LogP contribution in [0.15, 0.2) is 24.7 Å². The number of hydrogen-bond donors (Lipinski definition) is 0. The van der Waals surface area contributed by atoms with Gasteiger partial charge in [0, 0.05) is 0 Å². The third kappa shape index (κ3) is 12.2. The van der Waals surface area contributed by atoms with Gasteiger partial charge in [0.2, 0.25) is 23.1 Å². The van der Waals surface area contributed by atoms with E-state index in [1.807, 2.05) is 0 Å². The van der Waals surface area contributed by atoms with Gasteiger partial charge in [-0.25, -0.2) is 0 Å². The molecule has 2 atom stereocenters. The maximum absolute atomic E-state index is 12.0. The van der Waals surface area contributed by atoms with Crippen molar-refractivity contribution in [2.24, 2.45) is 0 Å². The zero-order chi connectivity index (χ0) is 23.7. The van der Waals surface area contributed by atoms with Crippen molar-refractivity contribution in [3.05, 3.63) is 24.7 Å². The largest absolute Gasteiger partial charge is 0.573 e. The summed E-state index contributed by atoms with van der Waals surface area (Å²) in [7, 11) is 0. The van der Waals surface area contributed by atoms with E-state index >= 15 is 0 Å². The first-order chi connectivity index (χ1) is 13.5. The molecule has 11 nitrogen and oxygen atoms in total. The van der Waals surface area contributed by atoms with Crippen molar-refractivity contribution in [3.8, 4) is 0 Å². The Morgan fingerprint density at radius 2 is 0.933 bits per heavy atom. The van der Waals surface area contributed by atoms with Gasteiger partial charge in [-0.15, -0.1) is 0 Å². The molecule has 0 saturated carbocycles. The fourth-order valence-corrected chi connectivity index (χ4v) is 1.21. The summed E-state index contributed by atoms with van der Waals surface area (Å²) in [6.45, 7) is 19.5. The molecule has 0 saturated heterocycles. The van der Waals surface area contributed by atoms with E-state index in [1.54, 1.807) is 41.5 Å². The second kappa shape index (κ2) is 11.6. The van der Waals surface area contributed by atoms with Crippen LogP contribution in [-0.4, -0.2) is 41.1 Å². The lowest BCUT2D eigenvalue weighted by molar-refractivity contribution is -0.341. The van der Waals surface area contributed by atoms with Crippen LogP contribution in [0.1, 0.15) is 55.4 Å². The lowest BCUT2D eigenvalue weighted by Gasteiger charge is -2.19. The first-order valence-electron chi connectivity index (χ1n) is 8.91. The van der Waals surface area contributed by atoms with Gasteiger partial charge in [-0.3, -0.25) is 19.4 Å². The molecule has 0 aliphatic rings. The molecule has 172 valence electrons. The third-order valence-electron chi connectivity index (χ3n) is 2.59. The molecule has 0 aliphatic carbocycles. The molecule has 0 radical (unpaired) electrons. The van der Waals surface area contributed by atoms with Gasteiger partial charge in [-0.1, -0.05) is 0 Å². The average molecular weight is 434 g/mol. The van der Waals surface area contributed by atoms with E-state index in [1.165, 1.54) is 13.8 Å². The van der Waals surface area contributed by atoms with E-state index in [0.29, 0.717) is 0 Å². The quantitative estimate of drug-likeness (QED) is 0.194. The lowest BCUT2D eigenvalue weighted by atomic mass is 10.2. The van der Waals surface area contributed by atoms with Gasteiger partial charge in [0.05, 0.1) is 0 Å². The highest BCUT2D eigenvalue weighted by atomic mass is 17.3. The highest BCUT2D eigenvalue weighted by Crippen LogP contribution is 2.14. The van der Waals surface area contributed by atoms with Gasteiger partial charge >= 0.3 is 6.16 Å². The highest BCUT2D eigenvalue weighted by molar-refractivity contribution is 5.96. The number of ketones is 2. The summed E-state index contributed by atoms with van der Waals surface area (Å²) in [6.07, 6.45) is -4.03. The van der Waals surface area contributed by atoms with Gasteiger partial charge in [0.15, 0.2) is 12.2 Å². The monoisotopic (exact) mass is 434 g/mol. The molecular formula is C19H30O11. The predicted octanol–water partition coefficient (Wildman–Crippen LogP) is 3.44. The SMILES string of the molecule is C=C(OOC(C)(C)C)C(=O)C(C)OOC(=O)OOC(C)C(=O)C(=C)OOC(C)(C)C. The molecule has 0 heterocycles. The van der Waals surface area contributed by atoms with E-state index in [2.05, 4.69) is 32.7 Å². The van der Waals surface area contributed by atoms with Crippen LogP contribution < -0.4 is 0 Å². The minimum atomic E-state index is -1.47. The Bertz CT molecular complexity index is 586. The van der Waals surface area contributed by atoms with Gasteiger partial charge in [0.1, 0.15) is 11.2 Å². The molecule has 30 heavy (non-hydrogen) atoms. The Morgan fingerprint density at radius 3 is 1.20 bits per heavy atom. The van der Waals surface area contributed by atoms with Crippen LogP contribution in [0, 0.1) is 0 Å². The van der Waals surface area contributed by atoms with Gasteiger partial charge < -0.3 is 9.78 Å². The summed E-state index contributed by atoms with van der Waals surface area (Å²) in [5.74, 6) is -2.21. The van der Waals surface area contributed by atoms with Crippen molar-refractivity contribution in [2.45, 2.75) is 78.8 Å². The molecule has 2 unspecified atom stereocenters. The van der Waals surface area contributed by atoms with Crippen LogP contribution >= 0.6 is 0 Å². The van der Waals surface area contributed by atoms with Crippen LogP contribution in [0.4, 0.5) is 4.79 Å². The van der Waals surface area contributed by atoms with Crippen molar-refractivity contribution in [3.63, 3.8) is 0 Å². The first kappa shape index (κ1) is 27.5.